The van der Waals surface area contributed by atoms with E-state index < -0.39 is 22.0 Å². The molecule has 21 heavy (non-hydrogen) atoms. The molecule has 0 unspecified atom stereocenters. The molecule has 0 radical (unpaired) electrons. The number of nitrogens with two attached hydrogens (primary N) is 1. The SMILES string of the molecule is NC1(Cc2cccc([N+](=O)[O-])c2F)Cc2ccccc2C1. The second-order valence-corrected chi connectivity index (χ2v) is 5.67. The first-order valence-electron chi connectivity index (χ1n) is 6.76. The Morgan fingerprint density at radius 2 is 1.76 bits per heavy atom. The van der Waals surface area contributed by atoms with Gasteiger partial charge in [-0.2, -0.15) is 4.39 Å². The number of hydrogen-bond acceptors (Lipinski definition) is 3. The predicted molar refractivity (Wildman–Crippen MR) is 77.5 cm³/mol. The van der Waals surface area contributed by atoms with Crippen molar-refractivity contribution >= 4 is 5.69 Å². The molecule has 0 saturated heterocycles. The van der Waals surface area contributed by atoms with Crippen LogP contribution in [0.1, 0.15) is 16.7 Å². The molecule has 0 bridgehead atoms. The molecule has 2 N–H and O–H groups in total. The fourth-order valence-electron chi connectivity index (χ4n) is 3.07. The van der Waals surface area contributed by atoms with Gasteiger partial charge in [0.05, 0.1) is 4.92 Å². The molecule has 108 valence electrons. The molecule has 0 fully saturated rings. The molecule has 4 nitrogen and oxygen atoms in total. The lowest BCUT2D eigenvalue weighted by molar-refractivity contribution is -0.387. The van der Waals surface area contributed by atoms with E-state index in [2.05, 4.69) is 0 Å². The summed E-state index contributed by atoms with van der Waals surface area (Å²) in [4.78, 5) is 10.1. The summed E-state index contributed by atoms with van der Waals surface area (Å²) in [5, 5.41) is 10.8. The maximum atomic E-state index is 14.2. The van der Waals surface area contributed by atoms with Crippen LogP contribution >= 0.6 is 0 Å². The van der Waals surface area contributed by atoms with Gasteiger partial charge in [-0.25, -0.2) is 0 Å². The summed E-state index contributed by atoms with van der Waals surface area (Å²) in [5.74, 6) is -0.775. The first-order valence-corrected chi connectivity index (χ1v) is 6.76. The third-order valence-corrected chi connectivity index (χ3v) is 4.00. The lowest BCUT2D eigenvalue weighted by atomic mass is 9.88. The highest BCUT2D eigenvalue weighted by atomic mass is 19.1. The summed E-state index contributed by atoms with van der Waals surface area (Å²) >= 11 is 0. The fraction of sp³-hybridized carbons (Fsp3) is 0.250. The van der Waals surface area contributed by atoms with Crippen molar-refractivity contribution in [2.45, 2.75) is 24.8 Å². The van der Waals surface area contributed by atoms with Gasteiger partial charge >= 0.3 is 5.69 Å². The van der Waals surface area contributed by atoms with Crippen LogP contribution in [0.2, 0.25) is 0 Å². The van der Waals surface area contributed by atoms with Gasteiger partial charge in [-0.15, -0.1) is 0 Å². The van der Waals surface area contributed by atoms with Gasteiger partial charge in [-0.1, -0.05) is 36.4 Å². The molecular formula is C16H15FN2O2. The Morgan fingerprint density at radius 3 is 2.33 bits per heavy atom. The van der Waals surface area contributed by atoms with Crippen LogP contribution in [0.25, 0.3) is 0 Å². The third kappa shape index (κ3) is 2.52. The molecule has 0 aliphatic heterocycles. The molecule has 1 aliphatic carbocycles. The average Bonchev–Trinajstić information content (AvgIpc) is 2.76. The number of halogens is 1. The third-order valence-electron chi connectivity index (χ3n) is 4.00. The van der Waals surface area contributed by atoms with Crippen LogP contribution in [-0.4, -0.2) is 10.5 Å². The molecule has 0 amide bonds. The van der Waals surface area contributed by atoms with E-state index in [4.69, 9.17) is 5.73 Å². The van der Waals surface area contributed by atoms with Gasteiger partial charge in [0.15, 0.2) is 0 Å². The summed E-state index contributed by atoms with van der Waals surface area (Å²) in [6.45, 7) is 0. The van der Waals surface area contributed by atoms with E-state index in [0.717, 1.165) is 0 Å². The molecule has 0 saturated carbocycles. The summed E-state index contributed by atoms with van der Waals surface area (Å²) < 4.78 is 14.2. The minimum atomic E-state index is -0.775. The highest BCUT2D eigenvalue weighted by Crippen LogP contribution is 2.32. The number of nitro benzene ring substituents is 1. The zero-order valence-corrected chi connectivity index (χ0v) is 11.4. The van der Waals surface area contributed by atoms with Crippen LogP contribution in [0.3, 0.4) is 0 Å². The first kappa shape index (κ1) is 13.7. The molecular weight excluding hydrogens is 271 g/mol. The van der Waals surface area contributed by atoms with E-state index in [9.17, 15) is 14.5 Å². The molecule has 0 atom stereocenters. The molecule has 0 spiro atoms. The number of nitrogens with zero attached hydrogens (tertiary/aromatic N) is 1. The lowest BCUT2D eigenvalue weighted by Gasteiger charge is -2.23. The smallest absolute Gasteiger partial charge is 0.305 e. The Morgan fingerprint density at radius 1 is 1.14 bits per heavy atom. The average molecular weight is 286 g/mol. The van der Waals surface area contributed by atoms with Crippen LogP contribution < -0.4 is 5.73 Å². The summed E-state index contributed by atoms with van der Waals surface area (Å²) in [6.07, 6.45) is 1.60. The van der Waals surface area contributed by atoms with Crippen molar-refractivity contribution in [2.24, 2.45) is 5.73 Å². The van der Waals surface area contributed by atoms with Gasteiger partial charge in [-0.05, 0) is 36.0 Å². The number of hydrogen-bond donors (Lipinski definition) is 1. The van der Waals surface area contributed by atoms with Crippen molar-refractivity contribution in [1.29, 1.82) is 0 Å². The van der Waals surface area contributed by atoms with Crippen molar-refractivity contribution in [3.8, 4) is 0 Å². The van der Waals surface area contributed by atoms with Crippen LogP contribution in [0.4, 0.5) is 10.1 Å². The highest BCUT2D eigenvalue weighted by Gasteiger charge is 2.34. The zero-order chi connectivity index (χ0) is 15.0. The fourth-order valence-corrected chi connectivity index (χ4v) is 3.07. The number of fused-ring (bicyclic) bond motifs is 1. The Kier molecular flexibility index (Phi) is 3.22. The number of benzene rings is 2. The maximum Gasteiger partial charge on any atom is 0.305 e. The van der Waals surface area contributed by atoms with E-state index in [-0.39, 0.29) is 6.42 Å². The zero-order valence-electron chi connectivity index (χ0n) is 11.4. The maximum absolute atomic E-state index is 14.2. The lowest BCUT2D eigenvalue weighted by Crippen LogP contribution is -2.43. The van der Waals surface area contributed by atoms with Gasteiger partial charge in [-0.3, -0.25) is 10.1 Å². The number of rotatable bonds is 3. The van der Waals surface area contributed by atoms with E-state index in [1.54, 1.807) is 6.07 Å². The van der Waals surface area contributed by atoms with E-state index in [1.165, 1.54) is 23.3 Å². The molecule has 1 aliphatic rings. The molecule has 3 rings (SSSR count). The topological polar surface area (TPSA) is 69.2 Å². The quantitative estimate of drug-likeness (QED) is 0.696. The van der Waals surface area contributed by atoms with E-state index in [1.807, 2.05) is 24.3 Å². The van der Waals surface area contributed by atoms with Gasteiger partial charge in [0.25, 0.3) is 0 Å². The van der Waals surface area contributed by atoms with E-state index in [0.29, 0.717) is 18.4 Å². The first-order chi connectivity index (χ1) is 9.98. The molecule has 0 aromatic heterocycles. The van der Waals surface area contributed by atoms with Crippen molar-refractivity contribution in [2.75, 3.05) is 0 Å². The molecule has 2 aromatic rings. The predicted octanol–water partition coefficient (Wildman–Crippen LogP) is 2.77. The monoisotopic (exact) mass is 286 g/mol. The summed E-state index contributed by atoms with van der Waals surface area (Å²) in [7, 11) is 0. The Bertz CT molecular complexity index is 690. The Balaban J connectivity index is 1.89. The minimum Gasteiger partial charge on any atom is -0.324 e. The Labute approximate surface area is 121 Å². The normalized spacial score (nSPS) is 15.7. The largest absolute Gasteiger partial charge is 0.324 e. The van der Waals surface area contributed by atoms with Crippen LogP contribution in [0.5, 0.6) is 0 Å². The second kappa shape index (κ2) is 4.93. The van der Waals surface area contributed by atoms with Gasteiger partial charge in [0, 0.05) is 11.6 Å². The minimum absolute atomic E-state index is 0.287. The molecule has 2 aromatic carbocycles. The summed E-state index contributed by atoms with van der Waals surface area (Å²) in [5.41, 5.74) is 7.97. The summed E-state index contributed by atoms with van der Waals surface area (Å²) in [6, 6.07) is 12.2. The molecule has 0 heterocycles. The Hall–Kier alpha value is -2.27. The van der Waals surface area contributed by atoms with Crippen LogP contribution in [0, 0.1) is 15.9 Å². The standard InChI is InChI=1S/C16H15FN2O2/c17-15-13(6-3-7-14(15)19(20)21)10-16(18)8-11-4-1-2-5-12(11)9-16/h1-7H,8-10,18H2. The van der Waals surface area contributed by atoms with Crippen LogP contribution in [0.15, 0.2) is 42.5 Å². The van der Waals surface area contributed by atoms with E-state index >= 15 is 0 Å². The van der Waals surface area contributed by atoms with Crippen LogP contribution in [-0.2, 0) is 19.3 Å². The molecule has 5 heteroatoms. The highest BCUT2D eigenvalue weighted by molar-refractivity contribution is 5.41. The van der Waals surface area contributed by atoms with Crippen molar-refractivity contribution < 1.29 is 9.31 Å². The van der Waals surface area contributed by atoms with Gasteiger partial charge in [0.2, 0.25) is 5.82 Å². The van der Waals surface area contributed by atoms with Crippen molar-refractivity contribution in [3.05, 3.63) is 75.1 Å². The van der Waals surface area contributed by atoms with Gasteiger partial charge < -0.3 is 5.73 Å². The van der Waals surface area contributed by atoms with Crippen molar-refractivity contribution in [1.82, 2.24) is 0 Å². The second-order valence-electron chi connectivity index (χ2n) is 5.67. The van der Waals surface area contributed by atoms with Gasteiger partial charge in [0.1, 0.15) is 0 Å². The number of nitro groups is 1. The van der Waals surface area contributed by atoms with Crippen molar-refractivity contribution in [3.63, 3.8) is 0 Å².